The van der Waals surface area contributed by atoms with Gasteiger partial charge < -0.3 is 0 Å². The van der Waals surface area contributed by atoms with Gasteiger partial charge in [-0.25, -0.2) is 9.97 Å². The Morgan fingerprint density at radius 3 is 2.50 bits per heavy atom. The van der Waals surface area contributed by atoms with Crippen LogP contribution in [0.4, 0.5) is 0 Å². The Balaban J connectivity index is 0.000000490. The van der Waals surface area contributed by atoms with Crippen LogP contribution in [0, 0.1) is 6.92 Å². The molecule has 38 valence electrons. The van der Waals surface area contributed by atoms with Crippen LogP contribution in [0.3, 0.4) is 0 Å². The molecule has 0 radical (unpaired) electrons. The maximum atomic E-state index is 3.87. The van der Waals surface area contributed by atoms with Crippen molar-refractivity contribution in [1.82, 2.24) is 9.97 Å². The summed E-state index contributed by atoms with van der Waals surface area (Å²) in [6.45, 7) is 1.93. The third-order valence-corrected chi connectivity index (χ3v) is 0.730. The second kappa shape index (κ2) is 3.65. The molecule has 1 rings (SSSR count). The number of hydrogen-bond donors (Lipinski definition) is 0. The fraction of sp³-hybridized carbons (Fsp3) is 0.200. The van der Waals surface area contributed by atoms with Crippen LogP contribution in [-0.2, 0) is 0 Å². The van der Waals surface area contributed by atoms with Gasteiger partial charge in [-0.05, 0) is 13.0 Å². The first-order valence-corrected chi connectivity index (χ1v) is 2.12. The van der Waals surface area contributed by atoms with E-state index in [9.17, 15) is 0 Å². The molecule has 1 aromatic heterocycles. The van der Waals surface area contributed by atoms with Crippen molar-refractivity contribution in [2.45, 2.75) is 6.92 Å². The van der Waals surface area contributed by atoms with E-state index >= 15 is 0 Å². The molecular formula is C5H7LiN2. The summed E-state index contributed by atoms with van der Waals surface area (Å²) >= 11 is 0. The third kappa shape index (κ3) is 2.11. The summed E-state index contributed by atoms with van der Waals surface area (Å²) < 4.78 is 0. The van der Waals surface area contributed by atoms with E-state index in [-0.39, 0.29) is 18.9 Å². The topological polar surface area (TPSA) is 25.8 Å². The molecule has 0 aromatic carbocycles. The Hall–Kier alpha value is -0.323. The molecule has 0 aliphatic carbocycles. The Labute approximate surface area is 60.5 Å². The number of aryl methyl sites for hydroxylation is 1. The summed E-state index contributed by atoms with van der Waals surface area (Å²) in [4.78, 5) is 7.60. The molecule has 1 heterocycles. The standard InChI is InChI=1S/C5H6N2.Li.H/c1-5-2-3-6-4-7-5;;/h2-4H,1H3;;. The van der Waals surface area contributed by atoms with Crippen LogP contribution in [0.25, 0.3) is 0 Å². The van der Waals surface area contributed by atoms with Gasteiger partial charge in [-0.2, -0.15) is 0 Å². The van der Waals surface area contributed by atoms with E-state index in [0.29, 0.717) is 0 Å². The van der Waals surface area contributed by atoms with E-state index in [1.54, 1.807) is 6.20 Å². The zero-order valence-corrected chi connectivity index (χ0v) is 4.13. The molecule has 0 aliphatic rings. The molecule has 0 bridgehead atoms. The van der Waals surface area contributed by atoms with E-state index in [2.05, 4.69) is 9.97 Å². The van der Waals surface area contributed by atoms with Crippen molar-refractivity contribution in [3.05, 3.63) is 24.3 Å². The van der Waals surface area contributed by atoms with Gasteiger partial charge in [0, 0.05) is 11.9 Å². The van der Waals surface area contributed by atoms with E-state index in [4.69, 9.17) is 0 Å². The molecule has 1 aromatic rings. The SMILES string of the molecule is Cc1ccncn1.[LiH]. The van der Waals surface area contributed by atoms with Crippen LogP contribution in [0.1, 0.15) is 5.69 Å². The van der Waals surface area contributed by atoms with Gasteiger partial charge in [0.05, 0.1) is 0 Å². The van der Waals surface area contributed by atoms with Gasteiger partial charge >= 0.3 is 18.9 Å². The number of rotatable bonds is 0. The molecule has 0 saturated heterocycles. The summed E-state index contributed by atoms with van der Waals surface area (Å²) in [5.74, 6) is 0. The van der Waals surface area contributed by atoms with Gasteiger partial charge in [-0.1, -0.05) is 0 Å². The predicted octanol–water partition coefficient (Wildman–Crippen LogP) is 0.137. The molecule has 0 fully saturated rings. The monoisotopic (exact) mass is 102 g/mol. The summed E-state index contributed by atoms with van der Waals surface area (Å²) in [5, 5.41) is 0. The third-order valence-electron chi connectivity index (χ3n) is 0.730. The van der Waals surface area contributed by atoms with E-state index in [0.717, 1.165) is 5.69 Å². The first-order chi connectivity index (χ1) is 3.39. The van der Waals surface area contributed by atoms with Crippen LogP contribution in [-0.4, -0.2) is 28.8 Å². The summed E-state index contributed by atoms with van der Waals surface area (Å²) in [6, 6.07) is 1.86. The van der Waals surface area contributed by atoms with Crippen LogP contribution >= 0.6 is 0 Å². The van der Waals surface area contributed by atoms with Crippen molar-refractivity contribution >= 4 is 18.9 Å². The molecule has 3 heteroatoms. The molecule has 0 N–H and O–H groups in total. The zero-order chi connectivity index (χ0) is 5.11. The molecule has 0 atom stereocenters. The van der Waals surface area contributed by atoms with Gasteiger partial charge in [0.15, 0.2) is 0 Å². The number of nitrogens with zero attached hydrogens (tertiary/aromatic N) is 2. The molecule has 8 heavy (non-hydrogen) atoms. The zero-order valence-electron chi connectivity index (χ0n) is 4.13. The Kier molecular flexibility index (Phi) is 3.50. The normalized spacial score (nSPS) is 7.62. The molecule has 0 spiro atoms. The molecule has 0 saturated carbocycles. The fourth-order valence-corrected chi connectivity index (χ4v) is 0.357. The Morgan fingerprint density at radius 2 is 2.25 bits per heavy atom. The second-order valence-electron chi connectivity index (χ2n) is 1.35. The van der Waals surface area contributed by atoms with E-state index in [1.807, 2.05) is 13.0 Å². The van der Waals surface area contributed by atoms with Crippen molar-refractivity contribution in [3.63, 3.8) is 0 Å². The van der Waals surface area contributed by atoms with Gasteiger partial charge in [-0.3, -0.25) is 0 Å². The van der Waals surface area contributed by atoms with Crippen LogP contribution in [0.5, 0.6) is 0 Å². The fourth-order valence-electron chi connectivity index (χ4n) is 0.357. The average molecular weight is 102 g/mol. The first kappa shape index (κ1) is 7.68. The predicted molar refractivity (Wildman–Crippen MR) is 33.9 cm³/mol. The second-order valence-corrected chi connectivity index (χ2v) is 1.35. The summed E-state index contributed by atoms with van der Waals surface area (Å²) in [7, 11) is 0. The number of aromatic nitrogens is 2. The number of hydrogen-bond acceptors (Lipinski definition) is 2. The van der Waals surface area contributed by atoms with Gasteiger partial charge in [-0.15, -0.1) is 0 Å². The van der Waals surface area contributed by atoms with Crippen molar-refractivity contribution in [1.29, 1.82) is 0 Å². The Bertz CT molecular complexity index is 140. The van der Waals surface area contributed by atoms with Gasteiger partial charge in [0.1, 0.15) is 6.33 Å². The first-order valence-electron chi connectivity index (χ1n) is 2.12. The minimum absolute atomic E-state index is 0. The summed E-state index contributed by atoms with van der Waals surface area (Å²) in [6.07, 6.45) is 3.26. The quantitative estimate of drug-likeness (QED) is 0.435. The molecule has 2 nitrogen and oxygen atoms in total. The van der Waals surface area contributed by atoms with E-state index in [1.165, 1.54) is 6.33 Å². The van der Waals surface area contributed by atoms with E-state index < -0.39 is 0 Å². The molecule has 0 aliphatic heterocycles. The minimum atomic E-state index is 0. The average Bonchev–Trinajstić information content (AvgIpc) is 1.69. The van der Waals surface area contributed by atoms with Crippen LogP contribution < -0.4 is 0 Å². The van der Waals surface area contributed by atoms with Crippen LogP contribution in [0.2, 0.25) is 0 Å². The van der Waals surface area contributed by atoms with Crippen molar-refractivity contribution in [2.75, 3.05) is 0 Å². The van der Waals surface area contributed by atoms with Gasteiger partial charge in [0.2, 0.25) is 0 Å². The van der Waals surface area contributed by atoms with Crippen molar-refractivity contribution in [2.24, 2.45) is 0 Å². The molecule has 0 unspecified atom stereocenters. The van der Waals surface area contributed by atoms with Crippen LogP contribution in [0.15, 0.2) is 18.6 Å². The summed E-state index contributed by atoms with van der Waals surface area (Å²) in [5.41, 5.74) is 1.01. The maximum absolute atomic E-state index is 3.87. The molecular weight excluding hydrogens is 95.0 g/mol. The van der Waals surface area contributed by atoms with Crippen molar-refractivity contribution in [3.8, 4) is 0 Å². The van der Waals surface area contributed by atoms with Gasteiger partial charge in [0.25, 0.3) is 0 Å². The molecule has 0 amide bonds. The Morgan fingerprint density at radius 1 is 1.50 bits per heavy atom. The van der Waals surface area contributed by atoms with Crippen molar-refractivity contribution < 1.29 is 0 Å².